The van der Waals surface area contributed by atoms with Crippen molar-refractivity contribution < 1.29 is 26.4 Å². The number of piperazine rings is 1. The Morgan fingerprint density at radius 3 is 2.27 bits per heavy atom. The molecule has 0 saturated carbocycles. The van der Waals surface area contributed by atoms with E-state index in [0.29, 0.717) is 5.92 Å². The smallest absolute Gasteiger partial charge is 0.340 e. The number of hydrogen-bond donors (Lipinski definition) is 0. The zero-order valence-electron chi connectivity index (χ0n) is 19.2. The number of halogens is 3. The first-order chi connectivity index (χ1) is 15.3. The van der Waals surface area contributed by atoms with Gasteiger partial charge in [0.2, 0.25) is 15.9 Å². The number of benzene rings is 1. The van der Waals surface area contributed by atoms with E-state index in [1.165, 1.54) is 6.07 Å². The predicted molar refractivity (Wildman–Crippen MR) is 117 cm³/mol. The van der Waals surface area contributed by atoms with Crippen LogP contribution in [-0.4, -0.2) is 59.5 Å². The van der Waals surface area contributed by atoms with E-state index in [0.717, 1.165) is 46.0 Å². The Morgan fingerprint density at radius 2 is 1.70 bits per heavy atom. The van der Waals surface area contributed by atoms with Gasteiger partial charge in [-0.15, -0.1) is 0 Å². The van der Waals surface area contributed by atoms with Gasteiger partial charge in [-0.25, -0.2) is 8.42 Å². The molecule has 1 aliphatic rings. The lowest BCUT2D eigenvalue weighted by Crippen LogP contribution is -2.51. The molecule has 1 amide bonds. The van der Waals surface area contributed by atoms with E-state index < -0.39 is 26.7 Å². The van der Waals surface area contributed by atoms with Gasteiger partial charge in [-0.05, 0) is 31.9 Å². The van der Waals surface area contributed by atoms with Crippen molar-refractivity contribution >= 4 is 15.9 Å². The van der Waals surface area contributed by atoms with E-state index >= 15 is 0 Å². The average Bonchev–Trinajstić information content (AvgIpc) is 3.00. The molecule has 1 saturated heterocycles. The third kappa shape index (κ3) is 5.40. The summed E-state index contributed by atoms with van der Waals surface area (Å²) in [4.78, 5) is 13.7. The molecule has 1 aliphatic heterocycles. The zero-order valence-corrected chi connectivity index (χ0v) is 20.0. The highest BCUT2D eigenvalue weighted by Gasteiger charge is 2.39. The summed E-state index contributed by atoms with van der Waals surface area (Å²) in [5.41, 5.74) is 1.38. The van der Waals surface area contributed by atoms with Crippen molar-refractivity contribution in [1.82, 2.24) is 19.0 Å². The second-order valence-electron chi connectivity index (χ2n) is 8.68. The molecule has 0 unspecified atom stereocenters. The molecule has 1 aromatic heterocycles. The molecule has 0 N–H and O–H groups in total. The molecule has 3 rings (SSSR count). The number of hydrogen-bond acceptors (Lipinski definition) is 4. The zero-order chi connectivity index (χ0) is 24.6. The molecule has 7 nitrogen and oxygen atoms in total. The molecule has 2 aromatic rings. The summed E-state index contributed by atoms with van der Waals surface area (Å²) < 4.78 is 68.7. The summed E-state index contributed by atoms with van der Waals surface area (Å²) in [6, 6.07) is 4.16. The topological polar surface area (TPSA) is 75.5 Å². The summed E-state index contributed by atoms with van der Waals surface area (Å²) in [5.74, 6) is 0.252. The number of sulfonamides is 1. The van der Waals surface area contributed by atoms with Crippen molar-refractivity contribution in [2.75, 3.05) is 26.2 Å². The Labute approximate surface area is 192 Å². The largest absolute Gasteiger partial charge is 0.417 e. The van der Waals surface area contributed by atoms with Gasteiger partial charge in [-0.1, -0.05) is 26.0 Å². The molecule has 11 heteroatoms. The van der Waals surface area contributed by atoms with Crippen molar-refractivity contribution in [3.8, 4) is 0 Å². The van der Waals surface area contributed by atoms with Crippen LogP contribution in [0.4, 0.5) is 13.2 Å². The normalized spacial score (nSPS) is 15.9. The summed E-state index contributed by atoms with van der Waals surface area (Å²) >= 11 is 0. The van der Waals surface area contributed by atoms with Crippen molar-refractivity contribution in [2.24, 2.45) is 5.92 Å². The number of aromatic nitrogens is 2. The highest BCUT2D eigenvalue weighted by molar-refractivity contribution is 7.89. The molecule has 0 radical (unpaired) electrons. The van der Waals surface area contributed by atoms with E-state index in [1.54, 1.807) is 4.90 Å². The first-order valence-electron chi connectivity index (χ1n) is 10.8. The van der Waals surface area contributed by atoms with Gasteiger partial charge < -0.3 is 4.90 Å². The molecule has 0 atom stereocenters. The van der Waals surface area contributed by atoms with Gasteiger partial charge in [-0.2, -0.15) is 22.6 Å². The van der Waals surface area contributed by atoms with Gasteiger partial charge in [0.25, 0.3) is 0 Å². The highest BCUT2D eigenvalue weighted by atomic mass is 32.2. The minimum absolute atomic E-state index is 0.0646. The standard InChI is InChI=1S/C22H29F3N4O3S/c1-15(2)14-29-17(4)18(16(3)26-29)13-21(30)27-9-11-28(12-10-27)33(31,32)20-8-6-5-7-19(20)22(23,24)25/h5-8,15H,9-14H2,1-4H3. The number of alkyl halides is 3. The monoisotopic (exact) mass is 486 g/mol. The Hall–Kier alpha value is -2.40. The van der Waals surface area contributed by atoms with Crippen LogP contribution in [0.3, 0.4) is 0 Å². The second kappa shape index (κ2) is 9.46. The van der Waals surface area contributed by atoms with Crippen LogP contribution in [0.2, 0.25) is 0 Å². The molecule has 2 heterocycles. The maximum Gasteiger partial charge on any atom is 0.417 e. The van der Waals surface area contributed by atoms with Crippen molar-refractivity contribution in [3.05, 3.63) is 46.8 Å². The fourth-order valence-corrected chi connectivity index (χ4v) is 5.65. The number of nitrogens with zero attached hydrogens (tertiary/aromatic N) is 4. The van der Waals surface area contributed by atoms with Crippen LogP contribution in [-0.2, 0) is 34.0 Å². The molecule has 182 valence electrons. The van der Waals surface area contributed by atoms with Crippen LogP contribution in [0.5, 0.6) is 0 Å². The van der Waals surface area contributed by atoms with Gasteiger partial charge in [0.1, 0.15) is 0 Å². The third-order valence-corrected chi connectivity index (χ3v) is 7.76. The third-order valence-electron chi connectivity index (χ3n) is 5.80. The first-order valence-corrected chi connectivity index (χ1v) is 12.2. The predicted octanol–water partition coefficient (Wildman–Crippen LogP) is 3.25. The Bertz CT molecular complexity index is 1120. The molecular weight excluding hydrogens is 457 g/mol. The molecule has 0 spiro atoms. The molecule has 33 heavy (non-hydrogen) atoms. The van der Waals surface area contributed by atoms with Crippen LogP contribution in [0.25, 0.3) is 0 Å². The number of carbonyl (C=O) groups is 1. The number of aryl methyl sites for hydroxylation is 1. The van der Waals surface area contributed by atoms with Gasteiger partial charge in [0.15, 0.2) is 0 Å². The van der Waals surface area contributed by atoms with Crippen molar-refractivity contribution in [1.29, 1.82) is 0 Å². The lowest BCUT2D eigenvalue weighted by Gasteiger charge is -2.34. The van der Waals surface area contributed by atoms with E-state index in [2.05, 4.69) is 18.9 Å². The summed E-state index contributed by atoms with van der Waals surface area (Å²) in [7, 11) is -4.34. The lowest BCUT2D eigenvalue weighted by atomic mass is 10.1. The van der Waals surface area contributed by atoms with Crippen LogP contribution < -0.4 is 0 Å². The second-order valence-corrected chi connectivity index (χ2v) is 10.6. The van der Waals surface area contributed by atoms with Gasteiger partial charge in [-0.3, -0.25) is 9.48 Å². The fourth-order valence-electron chi connectivity index (χ4n) is 4.02. The molecule has 0 aliphatic carbocycles. The van der Waals surface area contributed by atoms with Crippen LogP contribution >= 0.6 is 0 Å². The van der Waals surface area contributed by atoms with Gasteiger partial charge >= 0.3 is 6.18 Å². The fraction of sp³-hybridized carbons (Fsp3) is 0.545. The van der Waals surface area contributed by atoms with E-state index in [4.69, 9.17) is 0 Å². The summed E-state index contributed by atoms with van der Waals surface area (Å²) in [6.45, 7) is 8.80. The van der Waals surface area contributed by atoms with Crippen LogP contribution in [0.15, 0.2) is 29.2 Å². The molecular formula is C22H29F3N4O3S. The number of amides is 1. The van der Waals surface area contributed by atoms with Crippen molar-refractivity contribution in [3.63, 3.8) is 0 Å². The Balaban J connectivity index is 1.70. The lowest BCUT2D eigenvalue weighted by molar-refractivity contribution is -0.139. The maximum atomic E-state index is 13.3. The summed E-state index contributed by atoms with van der Waals surface area (Å²) in [5, 5.41) is 4.52. The first kappa shape index (κ1) is 25.2. The molecule has 1 aromatic carbocycles. The molecule has 1 fully saturated rings. The van der Waals surface area contributed by atoms with E-state index in [1.807, 2.05) is 18.5 Å². The summed E-state index contributed by atoms with van der Waals surface area (Å²) in [6.07, 6.45) is -4.63. The average molecular weight is 487 g/mol. The Kier molecular flexibility index (Phi) is 7.23. The number of rotatable bonds is 6. The number of carbonyl (C=O) groups excluding carboxylic acids is 1. The molecule has 0 bridgehead atoms. The van der Waals surface area contributed by atoms with E-state index in [-0.39, 0.29) is 38.5 Å². The minimum Gasteiger partial charge on any atom is -0.340 e. The SMILES string of the molecule is Cc1nn(CC(C)C)c(C)c1CC(=O)N1CCN(S(=O)(=O)c2ccccc2C(F)(F)F)CC1. The quantitative estimate of drug-likeness (QED) is 0.628. The highest BCUT2D eigenvalue weighted by Crippen LogP contribution is 2.35. The van der Waals surface area contributed by atoms with Gasteiger partial charge in [0, 0.05) is 44.0 Å². The van der Waals surface area contributed by atoms with Crippen LogP contribution in [0, 0.1) is 19.8 Å². The van der Waals surface area contributed by atoms with Crippen LogP contribution in [0.1, 0.15) is 36.4 Å². The minimum atomic E-state index is -4.78. The van der Waals surface area contributed by atoms with E-state index in [9.17, 15) is 26.4 Å². The van der Waals surface area contributed by atoms with Gasteiger partial charge in [0.05, 0.1) is 22.6 Å². The Morgan fingerprint density at radius 1 is 1.09 bits per heavy atom. The van der Waals surface area contributed by atoms with Crippen molar-refractivity contribution in [2.45, 2.75) is 51.7 Å². The maximum absolute atomic E-state index is 13.3.